The van der Waals surface area contributed by atoms with Gasteiger partial charge in [-0.15, -0.1) is 0 Å². The van der Waals surface area contributed by atoms with Crippen LogP contribution in [-0.4, -0.2) is 52.2 Å². The number of hydrogen-bond acceptors (Lipinski definition) is 5. The minimum Gasteiger partial charge on any atom is -0.475 e. The Kier molecular flexibility index (Phi) is 3.43. The number of carbonyl (C=O) groups excluding carboxylic acids is 1. The molecule has 2 aliphatic heterocycles. The number of nitrogens with zero attached hydrogens (tertiary/aromatic N) is 2. The van der Waals surface area contributed by atoms with Crippen LogP contribution in [0.2, 0.25) is 0 Å². The number of amides is 1. The summed E-state index contributed by atoms with van der Waals surface area (Å²) >= 11 is 0. The van der Waals surface area contributed by atoms with Gasteiger partial charge in [0.1, 0.15) is 0 Å². The summed E-state index contributed by atoms with van der Waals surface area (Å²) in [6, 6.07) is 1.86. The largest absolute Gasteiger partial charge is 0.475 e. The number of hydrogen-bond donors (Lipinski definition) is 2. The van der Waals surface area contributed by atoms with Crippen LogP contribution in [0.5, 0.6) is 0 Å². The summed E-state index contributed by atoms with van der Waals surface area (Å²) in [7, 11) is 0. The van der Waals surface area contributed by atoms with Crippen LogP contribution in [0.15, 0.2) is 10.6 Å². The Morgan fingerprint density at radius 2 is 2.25 bits per heavy atom. The topological polar surface area (TPSA) is 95.7 Å². The molecule has 2 fully saturated rings. The van der Waals surface area contributed by atoms with E-state index in [9.17, 15) is 9.59 Å². The number of piperidine rings is 1. The van der Waals surface area contributed by atoms with Crippen molar-refractivity contribution in [2.75, 3.05) is 13.1 Å². The van der Waals surface area contributed by atoms with Crippen molar-refractivity contribution in [3.63, 3.8) is 0 Å². The first-order valence-corrected chi connectivity index (χ1v) is 6.88. The van der Waals surface area contributed by atoms with Crippen molar-refractivity contribution in [3.8, 4) is 0 Å². The lowest BCUT2D eigenvalue weighted by atomic mass is 9.97. The molecule has 2 unspecified atom stereocenters. The molecule has 0 radical (unpaired) electrons. The lowest BCUT2D eigenvalue weighted by Crippen LogP contribution is -2.47. The van der Waals surface area contributed by atoms with Crippen LogP contribution >= 0.6 is 0 Å². The average molecular weight is 279 g/mol. The van der Waals surface area contributed by atoms with Crippen LogP contribution in [0.25, 0.3) is 0 Å². The summed E-state index contributed by atoms with van der Waals surface area (Å²) in [6.45, 7) is 2.17. The van der Waals surface area contributed by atoms with Crippen LogP contribution in [0.1, 0.15) is 46.7 Å². The molecule has 7 heteroatoms. The first-order chi connectivity index (χ1) is 9.63. The van der Waals surface area contributed by atoms with Gasteiger partial charge < -0.3 is 19.8 Å². The standard InChI is InChI=1S/C13H17N3O4/c17-12(10-7-11(13(18)19)20-15-10)14-8-3-5-16-4-1-2-9(16)6-8/h7-9H,1-6H2,(H,14,17)(H,18,19). The molecule has 1 aromatic rings. The number of carbonyl (C=O) groups is 2. The molecule has 2 N–H and O–H groups in total. The Bertz CT molecular complexity index is 527. The molecule has 0 aliphatic carbocycles. The molecule has 0 spiro atoms. The number of aromatic carboxylic acids is 1. The van der Waals surface area contributed by atoms with E-state index in [1.54, 1.807) is 0 Å². The highest BCUT2D eigenvalue weighted by Gasteiger charge is 2.32. The van der Waals surface area contributed by atoms with E-state index in [1.165, 1.54) is 12.8 Å². The zero-order chi connectivity index (χ0) is 14.1. The van der Waals surface area contributed by atoms with Crippen LogP contribution in [-0.2, 0) is 0 Å². The Labute approximate surface area is 115 Å². The fraction of sp³-hybridized carbons (Fsp3) is 0.615. The molecule has 108 valence electrons. The molecular formula is C13H17N3O4. The Balaban J connectivity index is 1.59. The highest BCUT2D eigenvalue weighted by atomic mass is 16.5. The second-order valence-electron chi connectivity index (χ2n) is 5.41. The molecule has 7 nitrogen and oxygen atoms in total. The highest BCUT2D eigenvalue weighted by molar-refractivity contribution is 5.94. The van der Waals surface area contributed by atoms with Crippen molar-refractivity contribution >= 4 is 11.9 Å². The summed E-state index contributed by atoms with van der Waals surface area (Å²) in [6.07, 6.45) is 4.30. The zero-order valence-electron chi connectivity index (χ0n) is 11.0. The van der Waals surface area contributed by atoms with Crippen LogP contribution in [0, 0.1) is 0 Å². The molecule has 0 bridgehead atoms. The maximum Gasteiger partial charge on any atom is 0.374 e. The van der Waals surface area contributed by atoms with Crippen molar-refractivity contribution in [2.24, 2.45) is 0 Å². The number of carboxylic acid groups (broad SMARTS) is 1. The van der Waals surface area contributed by atoms with Gasteiger partial charge in [0.15, 0.2) is 5.69 Å². The third kappa shape index (κ3) is 2.53. The maximum absolute atomic E-state index is 12.0. The van der Waals surface area contributed by atoms with E-state index in [2.05, 4.69) is 19.9 Å². The molecule has 3 heterocycles. The Morgan fingerprint density at radius 1 is 1.40 bits per heavy atom. The Morgan fingerprint density at radius 3 is 3.00 bits per heavy atom. The van der Waals surface area contributed by atoms with Gasteiger partial charge in [-0.2, -0.15) is 0 Å². The lowest BCUT2D eigenvalue weighted by Gasteiger charge is -2.34. The molecule has 20 heavy (non-hydrogen) atoms. The molecule has 0 saturated carbocycles. The molecule has 1 aromatic heterocycles. The van der Waals surface area contributed by atoms with Crippen LogP contribution < -0.4 is 5.32 Å². The van der Waals surface area contributed by atoms with E-state index in [-0.39, 0.29) is 23.4 Å². The van der Waals surface area contributed by atoms with E-state index in [0.717, 1.165) is 32.0 Å². The molecule has 2 saturated heterocycles. The smallest absolute Gasteiger partial charge is 0.374 e. The minimum atomic E-state index is -1.23. The third-order valence-corrected chi connectivity index (χ3v) is 4.11. The van der Waals surface area contributed by atoms with Crippen molar-refractivity contribution in [3.05, 3.63) is 17.5 Å². The third-order valence-electron chi connectivity index (χ3n) is 4.11. The molecule has 1 amide bonds. The lowest BCUT2D eigenvalue weighted by molar-refractivity contribution is 0.0650. The van der Waals surface area contributed by atoms with Crippen molar-refractivity contribution < 1.29 is 19.2 Å². The fourth-order valence-electron chi connectivity index (χ4n) is 3.10. The fourth-order valence-corrected chi connectivity index (χ4v) is 3.10. The van der Waals surface area contributed by atoms with Crippen molar-refractivity contribution in [1.29, 1.82) is 0 Å². The Hall–Kier alpha value is -1.89. The van der Waals surface area contributed by atoms with Crippen LogP contribution in [0.3, 0.4) is 0 Å². The summed E-state index contributed by atoms with van der Waals surface area (Å²) in [5.74, 6) is -1.91. The number of aromatic nitrogens is 1. The van der Waals surface area contributed by atoms with E-state index in [1.807, 2.05) is 0 Å². The molecule has 2 atom stereocenters. The number of nitrogens with one attached hydrogen (secondary N) is 1. The second kappa shape index (κ2) is 5.24. The zero-order valence-corrected chi connectivity index (χ0v) is 11.0. The SMILES string of the molecule is O=C(NC1CCN2CCCC2C1)c1cc(C(=O)O)on1. The summed E-state index contributed by atoms with van der Waals surface area (Å²) in [5, 5.41) is 15.1. The van der Waals surface area contributed by atoms with Gasteiger partial charge in [0, 0.05) is 24.7 Å². The molecular weight excluding hydrogens is 262 g/mol. The van der Waals surface area contributed by atoms with Gasteiger partial charge in [0.2, 0.25) is 5.76 Å². The van der Waals surface area contributed by atoms with E-state index >= 15 is 0 Å². The average Bonchev–Trinajstić information content (AvgIpc) is 3.07. The van der Waals surface area contributed by atoms with Gasteiger partial charge in [-0.3, -0.25) is 4.79 Å². The number of fused-ring (bicyclic) bond motifs is 1. The van der Waals surface area contributed by atoms with Crippen molar-refractivity contribution in [1.82, 2.24) is 15.4 Å². The van der Waals surface area contributed by atoms with Gasteiger partial charge in [-0.1, -0.05) is 5.16 Å². The summed E-state index contributed by atoms with van der Waals surface area (Å²) in [4.78, 5) is 25.2. The maximum atomic E-state index is 12.0. The van der Waals surface area contributed by atoms with Crippen molar-refractivity contribution in [2.45, 2.75) is 37.8 Å². The van der Waals surface area contributed by atoms with E-state index < -0.39 is 5.97 Å². The predicted molar refractivity (Wildman–Crippen MR) is 68.5 cm³/mol. The van der Waals surface area contributed by atoms with Gasteiger partial charge in [-0.25, -0.2) is 4.79 Å². The normalized spacial score (nSPS) is 26.2. The molecule has 3 rings (SSSR count). The summed E-state index contributed by atoms with van der Waals surface area (Å²) in [5.41, 5.74) is 0.0243. The number of carboxylic acids is 1. The second-order valence-corrected chi connectivity index (χ2v) is 5.41. The highest BCUT2D eigenvalue weighted by Crippen LogP contribution is 2.26. The molecule has 2 aliphatic rings. The predicted octanol–water partition coefficient (Wildman–Crippen LogP) is 0.729. The first kappa shape index (κ1) is 13.1. The van der Waals surface area contributed by atoms with Gasteiger partial charge in [0.25, 0.3) is 5.91 Å². The quantitative estimate of drug-likeness (QED) is 0.846. The van der Waals surface area contributed by atoms with Crippen LogP contribution in [0.4, 0.5) is 0 Å². The minimum absolute atomic E-state index is 0.0243. The van der Waals surface area contributed by atoms with E-state index in [4.69, 9.17) is 5.11 Å². The first-order valence-electron chi connectivity index (χ1n) is 6.88. The number of rotatable bonds is 3. The van der Waals surface area contributed by atoms with Gasteiger partial charge in [0.05, 0.1) is 0 Å². The van der Waals surface area contributed by atoms with Gasteiger partial charge in [-0.05, 0) is 32.2 Å². The van der Waals surface area contributed by atoms with Gasteiger partial charge >= 0.3 is 5.97 Å². The summed E-state index contributed by atoms with van der Waals surface area (Å²) < 4.78 is 4.59. The van der Waals surface area contributed by atoms with E-state index in [0.29, 0.717) is 6.04 Å². The molecule has 0 aromatic carbocycles. The monoisotopic (exact) mass is 279 g/mol.